The highest BCUT2D eigenvalue weighted by Gasteiger charge is 2.10. The molecule has 2 rings (SSSR count). The molecule has 0 fully saturated rings. The lowest BCUT2D eigenvalue weighted by molar-refractivity contribution is 0.414. The Morgan fingerprint density at radius 1 is 1.47 bits per heavy atom. The number of hydrogen-bond donors (Lipinski definition) is 1. The number of nitrogens with zero attached hydrogens (tertiary/aromatic N) is 2. The molecule has 2 aromatic rings. The summed E-state index contributed by atoms with van der Waals surface area (Å²) in [4.78, 5) is 20.2. The number of benzene rings is 1. The third-order valence-corrected chi connectivity index (χ3v) is 3.67. The molecule has 6 heteroatoms. The van der Waals surface area contributed by atoms with Gasteiger partial charge in [-0.2, -0.15) is 0 Å². The molecule has 1 heterocycles. The van der Waals surface area contributed by atoms with E-state index in [1.165, 1.54) is 6.33 Å². The first-order valence-corrected chi connectivity index (χ1v) is 6.77. The number of H-pyrrole nitrogens is 1. The third kappa shape index (κ3) is 3.25. The van der Waals surface area contributed by atoms with Crippen LogP contribution in [0.25, 0.3) is 0 Å². The molecule has 0 unspecified atom stereocenters. The van der Waals surface area contributed by atoms with E-state index in [1.54, 1.807) is 7.11 Å². The second-order valence-corrected chi connectivity index (χ2v) is 5.16. The molecular formula is C13H14IN3O2. The zero-order valence-electron chi connectivity index (χ0n) is 10.7. The van der Waals surface area contributed by atoms with Crippen LogP contribution in [-0.2, 0) is 6.54 Å². The van der Waals surface area contributed by atoms with E-state index in [0.29, 0.717) is 15.9 Å². The Balaban J connectivity index is 2.23. The molecule has 0 saturated heterocycles. The SMILES string of the molecule is COc1cccc(CN(C)c2nc[nH]c(=O)c2I)c1. The predicted octanol–water partition coefficient (Wildman–Crippen LogP) is 2.02. The summed E-state index contributed by atoms with van der Waals surface area (Å²) in [7, 11) is 3.55. The normalized spacial score (nSPS) is 10.3. The van der Waals surface area contributed by atoms with Gasteiger partial charge in [-0.3, -0.25) is 4.79 Å². The van der Waals surface area contributed by atoms with Crippen LogP contribution in [0.3, 0.4) is 0 Å². The molecular weight excluding hydrogens is 357 g/mol. The zero-order valence-corrected chi connectivity index (χ0v) is 12.8. The number of aromatic nitrogens is 2. The number of aromatic amines is 1. The minimum atomic E-state index is -0.122. The van der Waals surface area contributed by atoms with Crippen molar-refractivity contribution in [2.45, 2.75) is 6.54 Å². The van der Waals surface area contributed by atoms with E-state index in [1.807, 2.05) is 58.8 Å². The highest BCUT2D eigenvalue weighted by Crippen LogP contribution is 2.18. The third-order valence-electron chi connectivity index (χ3n) is 2.69. The second-order valence-electron chi connectivity index (χ2n) is 4.08. The first kappa shape index (κ1) is 13.9. The molecule has 1 aromatic heterocycles. The predicted molar refractivity (Wildman–Crippen MR) is 82.7 cm³/mol. The molecule has 0 radical (unpaired) electrons. The Kier molecular flexibility index (Phi) is 4.41. The van der Waals surface area contributed by atoms with Gasteiger partial charge in [0.2, 0.25) is 0 Å². The van der Waals surface area contributed by atoms with Crippen molar-refractivity contribution in [3.05, 3.63) is 50.1 Å². The fraction of sp³-hybridized carbons (Fsp3) is 0.231. The van der Waals surface area contributed by atoms with E-state index in [2.05, 4.69) is 9.97 Å². The van der Waals surface area contributed by atoms with Crippen LogP contribution >= 0.6 is 22.6 Å². The van der Waals surface area contributed by atoms with Gasteiger partial charge in [-0.1, -0.05) is 12.1 Å². The Hall–Kier alpha value is -1.57. The molecule has 0 aliphatic carbocycles. The lowest BCUT2D eigenvalue weighted by atomic mass is 10.2. The topological polar surface area (TPSA) is 58.2 Å². The van der Waals surface area contributed by atoms with Crippen LogP contribution in [0.15, 0.2) is 35.4 Å². The van der Waals surface area contributed by atoms with Crippen molar-refractivity contribution in [1.82, 2.24) is 9.97 Å². The summed E-state index contributed by atoms with van der Waals surface area (Å²) < 4.78 is 5.78. The van der Waals surface area contributed by atoms with Crippen LogP contribution in [-0.4, -0.2) is 24.1 Å². The summed E-state index contributed by atoms with van der Waals surface area (Å²) in [6, 6.07) is 7.83. The molecule has 0 saturated carbocycles. The van der Waals surface area contributed by atoms with Crippen molar-refractivity contribution in [3.8, 4) is 5.75 Å². The van der Waals surface area contributed by atoms with Crippen molar-refractivity contribution in [1.29, 1.82) is 0 Å². The van der Waals surface area contributed by atoms with E-state index >= 15 is 0 Å². The summed E-state index contributed by atoms with van der Waals surface area (Å²) in [5.41, 5.74) is 0.975. The Morgan fingerprint density at radius 2 is 2.26 bits per heavy atom. The highest BCUT2D eigenvalue weighted by molar-refractivity contribution is 14.1. The Labute approximate surface area is 124 Å². The zero-order chi connectivity index (χ0) is 13.8. The van der Waals surface area contributed by atoms with Gasteiger partial charge in [0.25, 0.3) is 5.56 Å². The quantitative estimate of drug-likeness (QED) is 0.836. The van der Waals surface area contributed by atoms with Crippen LogP contribution in [0.5, 0.6) is 5.75 Å². The maximum Gasteiger partial charge on any atom is 0.266 e. The van der Waals surface area contributed by atoms with Crippen LogP contribution < -0.4 is 15.2 Å². The molecule has 0 aliphatic heterocycles. The van der Waals surface area contributed by atoms with Crippen LogP contribution in [0.2, 0.25) is 0 Å². The van der Waals surface area contributed by atoms with Crippen LogP contribution in [0.4, 0.5) is 5.82 Å². The molecule has 100 valence electrons. The van der Waals surface area contributed by atoms with Crippen molar-refractivity contribution in [2.24, 2.45) is 0 Å². The fourth-order valence-electron chi connectivity index (χ4n) is 1.76. The fourth-order valence-corrected chi connectivity index (χ4v) is 2.47. The first-order chi connectivity index (χ1) is 9.11. The second kappa shape index (κ2) is 6.05. The van der Waals surface area contributed by atoms with Crippen molar-refractivity contribution < 1.29 is 4.74 Å². The molecule has 1 N–H and O–H groups in total. The smallest absolute Gasteiger partial charge is 0.266 e. The molecule has 0 aliphatic rings. The van der Waals surface area contributed by atoms with Gasteiger partial charge < -0.3 is 14.6 Å². The van der Waals surface area contributed by atoms with Crippen molar-refractivity contribution >= 4 is 28.4 Å². The number of hydrogen-bond acceptors (Lipinski definition) is 4. The van der Waals surface area contributed by atoms with E-state index in [0.717, 1.165) is 11.3 Å². The maximum absolute atomic E-state index is 11.5. The van der Waals surface area contributed by atoms with Gasteiger partial charge in [0.1, 0.15) is 15.1 Å². The molecule has 0 amide bonds. The van der Waals surface area contributed by atoms with Crippen molar-refractivity contribution in [3.63, 3.8) is 0 Å². The average molecular weight is 371 g/mol. The standard InChI is InChI=1S/C13H14IN3O2/c1-17(12-11(14)13(18)16-8-15-12)7-9-4-3-5-10(6-9)19-2/h3-6,8H,7H2,1-2H3,(H,15,16,18). The minimum Gasteiger partial charge on any atom is -0.497 e. The summed E-state index contributed by atoms with van der Waals surface area (Å²) in [6.45, 7) is 0.656. The average Bonchev–Trinajstić information content (AvgIpc) is 2.42. The lowest BCUT2D eigenvalue weighted by Crippen LogP contribution is -2.23. The molecule has 1 aromatic carbocycles. The number of nitrogens with one attached hydrogen (secondary N) is 1. The molecule has 5 nitrogen and oxygen atoms in total. The number of halogens is 1. The van der Waals surface area contributed by atoms with Gasteiger partial charge in [0, 0.05) is 13.6 Å². The first-order valence-electron chi connectivity index (χ1n) is 5.69. The lowest BCUT2D eigenvalue weighted by Gasteiger charge is -2.19. The van der Waals surface area contributed by atoms with E-state index < -0.39 is 0 Å². The van der Waals surface area contributed by atoms with Crippen LogP contribution in [0, 0.1) is 3.57 Å². The Bertz CT molecular complexity index is 627. The molecule has 0 spiro atoms. The summed E-state index contributed by atoms with van der Waals surface area (Å²) in [5, 5.41) is 0. The summed E-state index contributed by atoms with van der Waals surface area (Å²) >= 11 is 2.00. The van der Waals surface area contributed by atoms with E-state index in [9.17, 15) is 4.79 Å². The summed E-state index contributed by atoms with van der Waals surface area (Å²) in [6.07, 6.45) is 1.42. The minimum absolute atomic E-state index is 0.122. The number of anilines is 1. The van der Waals surface area contributed by atoms with E-state index in [-0.39, 0.29) is 5.56 Å². The number of methoxy groups -OCH3 is 1. The highest BCUT2D eigenvalue weighted by atomic mass is 127. The number of rotatable bonds is 4. The van der Waals surface area contributed by atoms with Gasteiger partial charge in [0.15, 0.2) is 0 Å². The maximum atomic E-state index is 11.5. The van der Waals surface area contributed by atoms with Gasteiger partial charge in [-0.25, -0.2) is 4.98 Å². The Morgan fingerprint density at radius 3 is 3.00 bits per heavy atom. The van der Waals surface area contributed by atoms with Gasteiger partial charge in [-0.05, 0) is 40.3 Å². The van der Waals surface area contributed by atoms with Crippen molar-refractivity contribution in [2.75, 3.05) is 19.1 Å². The molecule has 0 atom stereocenters. The van der Waals surface area contributed by atoms with E-state index in [4.69, 9.17) is 4.74 Å². The van der Waals surface area contributed by atoms with Crippen LogP contribution in [0.1, 0.15) is 5.56 Å². The van der Waals surface area contributed by atoms with Gasteiger partial charge >= 0.3 is 0 Å². The molecule has 19 heavy (non-hydrogen) atoms. The number of ether oxygens (including phenoxy) is 1. The van der Waals surface area contributed by atoms with Gasteiger partial charge in [-0.15, -0.1) is 0 Å². The monoisotopic (exact) mass is 371 g/mol. The summed E-state index contributed by atoms with van der Waals surface area (Å²) in [5.74, 6) is 1.49. The molecule has 0 bridgehead atoms. The van der Waals surface area contributed by atoms with Gasteiger partial charge in [0.05, 0.1) is 13.4 Å². The largest absolute Gasteiger partial charge is 0.497 e.